The lowest BCUT2D eigenvalue weighted by Gasteiger charge is -2.26. The zero-order valence-electron chi connectivity index (χ0n) is 59.2. The average Bonchev–Trinajstić information content (AvgIpc) is 3.46. The summed E-state index contributed by atoms with van der Waals surface area (Å²) in [7, 11) is 5.93. The molecule has 0 spiro atoms. The standard InChI is InChI=1S/C82H137NO8/c1-6-8-10-12-14-16-18-20-22-24-26-28-30-32-34-35-36-37-38-39-40-41-42-43-44-45-47-49-51-53-55-57-59-61-63-65-67-69-71-73-80(85)91-78(77-90-82(81(86)87)88-75-74-83(3,4)5)76-89-79(84)72-70-68-66-64-62-60-58-56-54-52-50-48-46-33-31-29-27-25-23-21-19-17-15-13-11-9-7-2/h8-11,14-17,20-23,26-29,32-34,36-37,39-40,46,78,82H,6-7,12-13,18-19,24-25,30-31,35,38,41-45,47-77H2,1-5H3/b10-8-,11-9-,16-14-,17-15-,22-20-,23-21-,28-26-,29-27-,34-32-,37-36-,40-39-,46-33-. The molecule has 0 bridgehead atoms. The molecule has 0 aromatic rings. The Hall–Kier alpha value is -4.83. The number of nitrogens with zero attached hydrogens (tertiary/aromatic N) is 1. The number of carbonyl (C=O) groups excluding carboxylic acids is 3. The summed E-state index contributed by atoms with van der Waals surface area (Å²) >= 11 is 0. The lowest BCUT2D eigenvalue weighted by atomic mass is 10.0. The first kappa shape index (κ1) is 86.2. The van der Waals surface area contributed by atoms with E-state index in [2.05, 4.69) is 160 Å². The van der Waals surface area contributed by atoms with Crippen molar-refractivity contribution in [2.45, 2.75) is 309 Å². The number of quaternary nitrogens is 1. The molecular formula is C82H137NO8. The van der Waals surface area contributed by atoms with E-state index in [-0.39, 0.29) is 38.6 Å². The first-order valence-corrected chi connectivity index (χ1v) is 37.0. The SMILES string of the molecule is CC/C=C\C/C=C\C/C=C\C/C=C\C/C=C\C/C=C\C/C=C\CCCCCCCCCCCCCCCCCCCC(=O)OC(COC(=O)CCCCCCCCCCCCC/C=C\C/C=C\C/C=C\C/C=C\C/C=C\CC)COC(OCC[N+](C)(C)C)C(=O)[O-]. The number of unbranched alkanes of at least 4 members (excludes halogenated alkanes) is 28. The van der Waals surface area contributed by atoms with Crippen molar-refractivity contribution in [1.29, 1.82) is 0 Å². The molecule has 0 aromatic heterocycles. The molecule has 518 valence electrons. The van der Waals surface area contributed by atoms with E-state index in [4.69, 9.17) is 18.9 Å². The number of hydrogen-bond donors (Lipinski definition) is 0. The van der Waals surface area contributed by atoms with Gasteiger partial charge in [-0.05, 0) is 116 Å². The van der Waals surface area contributed by atoms with Crippen molar-refractivity contribution in [3.63, 3.8) is 0 Å². The molecule has 2 atom stereocenters. The summed E-state index contributed by atoms with van der Waals surface area (Å²) in [5.41, 5.74) is 0. The maximum absolute atomic E-state index is 13.0. The molecule has 0 aliphatic rings. The number of carboxylic acids is 1. The highest BCUT2D eigenvalue weighted by molar-refractivity contribution is 5.70. The third-order valence-corrected chi connectivity index (χ3v) is 15.6. The highest BCUT2D eigenvalue weighted by atomic mass is 16.7. The Labute approximate surface area is 560 Å². The summed E-state index contributed by atoms with van der Waals surface area (Å²) in [5.74, 6) is -2.29. The van der Waals surface area contributed by atoms with E-state index in [0.29, 0.717) is 17.4 Å². The van der Waals surface area contributed by atoms with Crippen molar-refractivity contribution in [2.75, 3.05) is 47.5 Å². The van der Waals surface area contributed by atoms with Crippen LogP contribution in [0, 0.1) is 0 Å². The van der Waals surface area contributed by atoms with Crippen molar-refractivity contribution >= 4 is 17.9 Å². The van der Waals surface area contributed by atoms with Crippen molar-refractivity contribution in [3.05, 3.63) is 146 Å². The summed E-state index contributed by atoms with van der Waals surface area (Å²) in [6.45, 7) is 4.53. The van der Waals surface area contributed by atoms with Crippen LogP contribution in [-0.4, -0.2) is 82.3 Å². The second kappa shape index (κ2) is 71.0. The number of hydrogen-bond acceptors (Lipinski definition) is 8. The molecule has 0 saturated heterocycles. The minimum absolute atomic E-state index is 0.142. The first-order chi connectivity index (χ1) is 44.6. The number of esters is 2. The number of carboxylic acid groups (broad SMARTS) is 1. The fourth-order valence-corrected chi connectivity index (χ4v) is 10.0. The Morgan fingerprint density at radius 2 is 0.593 bits per heavy atom. The highest BCUT2D eigenvalue weighted by Gasteiger charge is 2.22. The summed E-state index contributed by atoms with van der Waals surface area (Å²) in [6.07, 6.45) is 101. The van der Waals surface area contributed by atoms with Gasteiger partial charge in [0, 0.05) is 12.8 Å². The van der Waals surface area contributed by atoms with Gasteiger partial charge in [0.05, 0.1) is 40.3 Å². The number of rotatable bonds is 67. The van der Waals surface area contributed by atoms with Crippen molar-refractivity contribution in [2.24, 2.45) is 0 Å². The Balaban J connectivity index is 4.08. The van der Waals surface area contributed by atoms with Crippen LogP contribution >= 0.6 is 0 Å². The maximum Gasteiger partial charge on any atom is 0.306 e. The average molecular weight is 1260 g/mol. The molecule has 0 aliphatic heterocycles. The van der Waals surface area contributed by atoms with Crippen LogP contribution < -0.4 is 5.11 Å². The van der Waals surface area contributed by atoms with E-state index >= 15 is 0 Å². The van der Waals surface area contributed by atoms with Gasteiger partial charge in [0.2, 0.25) is 0 Å². The van der Waals surface area contributed by atoms with Crippen LogP contribution in [-0.2, 0) is 33.3 Å². The normalized spacial score (nSPS) is 13.5. The molecule has 0 rings (SSSR count). The molecule has 0 amide bonds. The van der Waals surface area contributed by atoms with Gasteiger partial charge in [-0.2, -0.15) is 0 Å². The maximum atomic E-state index is 13.0. The van der Waals surface area contributed by atoms with Gasteiger partial charge in [-0.15, -0.1) is 0 Å². The molecule has 91 heavy (non-hydrogen) atoms. The molecule has 9 heteroatoms. The van der Waals surface area contributed by atoms with E-state index < -0.39 is 24.3 Å². The summed E-state index contributed by atoms with van der Waals surface area (Å²) < 4.78 is 22.8. The van der Waals surface area contributed by atoms with Gasteiger partial charge in [0.1, 0.15) is 13.2 Å². The first-order valence-electron chi connectivity index (χ1n) is 37.0. The van der Waals surface area contributed by atoms with Gasteiger partial charge in [-0.25, -0.2) is 0 Å². The Morgan fingerprint density at radius 1 is 0.330 bits per heavy atom. The molecule has 0 radical (unpaired) electrons. The number of allylic oxidation sites excluding steroid dienone is 24. The van der Waals surface area contributed by atoms with Crippen LogP contribution in [0.15, 0.2) is 146 Å². The zero-order valence-corrected chi connectivity index (χ0v) is 59.2. The highest BCUT2D eigenvalue weighted by Crippen LogP contribution is 2.17. The lowest BCUT2D eigenvalue weighted by molar-refractivity contribution is -0.870. The summed E-state index contributed by atoms with van der Waals surface area (Å²) in [6, 6.07) is 0. The van der Waals surface area contributed by atoms with Gasteiger partial charge < -0.3 is 33.3 Å². The third kappa shape index (κ3) is 72.5. The Morgan fingerprint density at radius 3 is 0.879 bits per heavy atom. The molecule has 9 nitrogen and oxygen atoms in total. The van der Waals surface area contributed by atoms with Crippen molar-refractivity contribution in [3.8, 4) is 0 Å². The summed E-state index contributed by atoms with van der Waals surface area (Å²) in [4.78, 5) is 37.5. The largest absolute Gasteiger partial charge is 0.545 e. The lowest BCUT2D eigenvalue weighted by Crippen LogP contribution is -2.44. The van der Waals surface area contributed by atoms with Crippen LogP contribution in [0.25, 0.3) is 0 Å². The van der Waals surface area contributed by atoms with Crippen molar-refractivity contribution < 1.29 is 42.9 Å². The Bertz CT molecular complexity index is 2010. The van der Waals surface area contributed by atoms with Gasteiger partial charge in [0.15, 0.2) is 12.4 Å². The van der Waals surface area contributed by atoms with Gasteiger partial charge >= 0.3 is 11.9 Å². The molecular weight excluding hydrogens is 1130 g/mol. The van der Waals surface area contributed by atoms with E-state index in [1.807, 2.05) is 21.1 Å². The number of ether oxygens (including phenoxy) is 4. The minimum Gasteiger partial charge on any atom is -0.545 e. The van der Waals surface area contributed by atoms with Crippen molar-refractivity contribution in [1.82, 2.24) is 0 Å². The molecule has 0 fully saturated rings. The quantitative estimate of drug-likeness (QED) is 0.0195. The zero-order chi connectivity index (χ0) is 66.1. The van der Waals surface area contributed by atoms with Gasteiger partial charge in [0.25, 0.3) is 0 Å². The van der Waals surface area contributed by atoms with Gasteiger partial charge in [-0.3, -0.25) is 9.59 Å². The molecule has 0 aliphatic carbocycles. The van der Waals surface area contributed by atoms with E-state index in [1.165, 1.54) is 148 Å². The Kier molecular flexibility index (Phi) is 67.3. The summed E-state index contributed by atoms with van der Waals surface area (Å²) in [5, 5.41) is 11.8. The van der Waals surface area contributed by atoms with Crippen LogP contribution in [0.3, 0.4) is 0 Å². The number of likely N-dealkylation sites (N-methyl/N-ethyl adjacent to an activating group) is 1. The number of carbonyl (C=O) groups is 3. The minimum atomic E-state index is -1.63. The van der Waals surface area contributed by atoms with Crippen LogP contribution in [0.1, 0.15) is 296 Å². The van der Waals surface area contributed by atoms with Crippen LogP contribution in [0.5, 0.6) is 0 Å². The molecule has 2 unspecified atom stereocenters. The monoisotopic (exact) mass is 1260 g/mol. The second-order valence-corrected chi connectivity index (χ2v) is 25.5. The predicted molar refractivity (Wildman–Crippen MR) is 389 cm³/mol. The van der Waals surface area contributed by atoms with Crippen LogP contribution in [0.4, 0.5) is 0 Å². The van der Waals surface area contributed by atoms with E-state index in [0.717, 1.165) is 116 Å². The molecule has 0 saturated carbocycles. The fraction of sp³-hybridized carbons (Fsp3) is 0.671. The third-order valence-electron chi connectivity index (χ3n) is 15.6. The molecule has 0 heterocycles. The molecule has 0 N–H and O–H groups in total. The van der Waals surface area contributed by atoms with E-state index in [9.17, 15) is 19.5 Å². The molecule has 0 aromatic carbocycles. The smallest absolute Gasteiger partial charge is 0.306 e. The second-order valence-electron chi connectivity index (χ2n) is 25.5. The predicted octanol–water partition coefficient (Wildman–Crippen LogP) is 22.1. The topological polar surface area (TPSA) is 111 Å². The van der Waals surface area contributed by atoms with E-state index in [1.54, 1.807) is 0 Å². The number of aliphatic carboxylic acids is 1. The van der Waals surface area contributed by atoms with Gasteiger partial charge in [-0.1, -0.05) is 314 Å². The fourth-order valence-electron chi connectivity index (χ4n) is 10.0. The van der Waals surface area contributed by atoms with Crippen LogP contribution in [0.2, 0.25) is 0 Å².